The first-order valence-electron chi connectivity index (χ1n) is 7.87. The Morgan fingerprint density at radius 1 is 1.24 bits per heavy atom. The van der Waals surface area contributed by atoms with E-state index in [0.29, 0.717) is 6.61 Å². The fraction of sp³-hybridized carbons (Fsp3) is 1.00. The van der Waals surface area contributed by atoms with E-state index in [2.05, 4.69) is 0 Å². The molecule has 21 heavy (non-hydrogen) atoms. The summed E-state index contributed by atoms with van der Waals surface area (Å²) in [6.45, 7) is 8.11. The lowest BCUT2D eigenvalue weighted by Gasteiger charge is -2.40. The SMILES string of the molecule is CCOC(C)O[C@H]1O[C@@H]2CC[C@@H](O)[C@@H]2[C@@H]2OC(C)(C)O[C@H]12. The number of aliphatic hydroxyl groups excluding tert-OH is 1. The zero-order valence-corrected chi connectivity index (χ0v) is 13.2. The van der Waals surface area contributed by atoms with Gasteiger partial charge in [-0.3, -0.25) is 0 Å². The molecule has 2 heterocycles. The molecule has 2 saturated heterocycles. The van der Waals surface area contributed by atoms with Crippen LogP contribution in [-0.4, -0.2) is 54.5 Å². The maximum absolute atomic E-state index is 10.2. The first kappa shape index (κ1) is 15.6. The molecule has 0 amide bonds. The third-order valence-corrected chi connectivity index (χ3v) is 4.47. The molecular formula is C15H26O6. The highest BCUT2D eigenvalue weighted by Crippen LogP contribution is 2.46. The summed E-state index contributed by atoms with van der Waals surface area (Å²) >= 11 is 0. The number of hydrogen-bond acceptors (Lipinski definition) is 6. The number of rotatable bonds is 4. The van der Waals surface area contributed by atoms with Crippen LogP contribution in [0.3, 0.4) is 0 Å². The van der Waals surface area contributed by atoms with Crippen molar-refractivity contribution in [2.24, 2.45) is 5.92 Å². The Labute approximate surface area is 125 Å². The van der Waals surface area contributed by atoms with Gasteiger partial charge in [-0.25, -0.2) is 0 Å². The highest BCUT2D eigenvalue weighted by Gasteiger charge is 2.59. The van der Waals surface area contributed by atoms with Gasteiger partial charge in [-0.2, -0.15) is 0 Å². The minimum Gasteiger partial charge on any atom is -0.393 e. The van der Waals surface area contributed by atoms with E-state index in [4.69, 9.17) is 23.7 Å². The van der Waals surface area contributed by atoms with E-state index in [-0.39, 0.29) is 30.5 Å². The average Bonchev–Trinajstić information content (AvgIpc) is 2.89. The van der Waals surface area contributed by atoms with E-state index in [0.717, 1.165) is 12.8 Å². The molecule has 0 bridgehead atoms. The molecule has 122 valence electrons. The lowest BCUT2D eigenvalue weighted by molar-refractivity contribution is -0.309. The summed E-state index contributed by atoms with van der Waals surface area (Å²) in [6, 6.07) is 0. The molecular weight excluding hydrogens is 276 g/mol. The minimum absolute atomic E-state index is 0.0426. The summed E-state index contributed by atoms with van der Waals surface area (Å²) in [5.74, 6) is -0.731. The molecule has 2 aliphatic heterocycles. The topological polar surface area (TPSA) is 66.4 Å². The van der Waals surface area contributed by atoms with Gasteiger partial charge in [-0.05, 0) is 40.5 Å². The van der Waals surface area contributed by atoms with Crippen molar-refractivity contribution in [1.82, 2.24) is 0 Å². The Morgan fingerprint density at radius 3 is 2.67 bits per heavy atom. The van der Waals surface area contributed by atoms with Gasteiger partial charge in [-0.1, -0.05) is 0 Å². The number of hydrogen-bond donors (Lipinski definition) is 1. The molecule has 0 radical (unpaired) electrons. The van der Waals surface area contributed by atoms with E-state index >= 15 is 0 Å². The molecule has 3 fully saturated rings. The van der Waals surface area contributed by atoms with E-state index in [1.54, 1.807) is 0 Å². The summed E-state index contributed by atoms with van der Waals surface area (Å²) in [5, 5.41) is 10.2. The fourth-order valence-corrected chi connectivity index (χ4v) is 3.70. The third-order valence-electron chi connectivity index (χ3n) is 4.47. The van der Waals surface area contributed by atoms with Crippen molar-refractivity contribution < 1.29 is 28.8 Å². The standard InChI is InChI=1S/C15H26O6/c1-5-17-8(2)18-14-13-12(20-15(3,4)21-13)11-9(16)6-7-10(11)19-14/h8-14,16H,5-7H2,1-4H3/t8?,9-,10-,11+,12+,13+,14+/m1/s1. The van der Waals surface area contributed by atoms with Crippen LogP contribution >= 0.6 is 0 Å². The van der Waals surface area contributed by atoms with E-state index in [1.807, 2.05) is 27.7 Å². The van der Waals surface area contributed by atoms with Crippen molar-refractivity contribution in [2.75, 3.05) is 6.61 Å². The Morgan fingerprint density at radius 2 is 1.95 bits per heavy atom. The zero-order chi connectivity index (χ0) is 15.2. The number of ether oxygens (including phenoxy) is 5. The monoisotopic (exact) mass is 302 g/mol. The Balaban J connectivity index is 1.76. The van der Waals surface area contributed by atoms with Gasteiger partial charge in [0.2, 0.25) is 0 Å². The molecule has 1 aliphatic carbocycles. The summed E-state index contributed by atoms with van der Waals surface area (Å²) in [7, 11) is 0. The lowest BCUT2D eigenvalue weighted by atomic mass is 9.90. The summed E-state index contributed by atoms with van der Waals surface area (Å²) in [5.41, 5.74) is 0. The molecule has 3 rings (SSSR count). The second-order valence-corrected chi connectivity index (χ2v) is 6.49. The molecule has 0 aromatic carbocycles. The Kier molecular flexibility index (Phi) is 4.29. The lowest BCUT2D eigenvalue weighted by Crippen LogP contribution is -2.55. The van der Waals surface area contributed by atoms with E-state index < -0.39 is 18.2 Å². The van der Waals surface area contributed by atoms with Crippen LogP contribution in [-0.2, 0) is 23.7 Å². The smallest absolute Gasteiger partial charge is 0.189 e. The van der Waals surface area contributed by atoms with Gasteiger partial charge in [0.1, 0.15) is 6.10 Å². The molecule has 1 unspecified atom stereocenters. The highest BCUT2D eigenvalue weighted by molar-refractivity contribution is 5.01. The second kappa shape index (κ2) is 5.76. The van der Waals surface area contributed by atoms with Gasteiger partial charge < -0.3 is 28.8 Å². The van der Waals surface area contributed by atoms with Gasteiger partial charge in [0.25, 0.3) is 0 Å². The van der Waals surface area contributed by atoms with Crippen LogP contribution in [0.5, 0.6) is 0 Å². The van der Waals surface area contributed by atoms with Crippen LogP contribution in [0.1, 0.15) is 40.5 Å². The molecule has 7 atom stereocenters. The van der Waals surface area contributed by atoms with Crippen LogP contribution in [0.2, 0.25) is 0 Å². The van der Waals surface area contributed by atoms with Crippen LogP contribution in [0, 0.1) is 5.92 Å². The first-order valence-corrected chi connectivity index (χ1v) is 7.87. The Hall–Kier alpha value is -0.240. The van der Waals surface area contributed by atoms with Crippen molar-refractivity contribution >= 4 is 0 Å². The Bertz CT molecular complexity index is 373. The van der Waals surface area contributed by atoms with Crippen molar-refractivity contribution in [2.45, 2.75) is 83.3 Å². The van der Waals surface area contributed by atoms with Crippen LogP contribution in [0.4, 0.5) is 0 Å². The van der Waals surface area contributed by atoms with Crippen molar-refractivity contribution in [3.8, 4) is 0 Å². The van der Waals surface area contributed by atoms with Crippen LogP contribution in [0.25, 0.3) is 0 Å². The molecule has 0 aromatic rings. The predicted molar refractivity (Wildman–Crippen MR) is 73.4 cm³/mol. The van der Waals surface area contributed by atoms with Crippen molar-refractivity contribution in [3.63, 3.8) is 0 Å². The van der Waals surface area contributed by atoms with Gasteiger partial charge in [0.15, 0.2) is 18.4 Å². The molecule has 0 spiro atoms. The normalized spacial score (nSPS) is 46.1. The molecule has 6 nitrogen and oxygen atoms in total. The van der Waals surface area contributed by atoms with Gasteiger partial charge in [0.05, 0.1) is 18.3 Å². The molecule has 1 saturated carbocycles. The summed E-state index contributed by atoms with van der Waals surface area (Å²) in [6.07, 6.45) is -0.312. The zero-order valence-electron chi connectivity index (χ0n) is 13.2. The minimum atomic E-state index is -0.688. The average molecular weight is 302 g/mol. The van der Waals surface area contributed by atoms with Crippen LogP contribution < -0.4 is 0 Å². The molecule has 3 aliphatic rings. The van der Waals surface area contributed by atoms with Gasteiger partial charge in [0, 0.05) is 12.5 Å². The highest BCUT2D eigenvalue weighted by atomic mass is 16.8. The maximum atomic E-state index is 10.2. The fourth-order valence-electron chi connectivity index (χ4n) is 3.70. The maximum Gasteiger partial charge on any atom is 0.189 e. The van der Waals surface area contributed by atoms with E-state index in [9.17, 15) is 5.11 Å². The predicted octanol–water partition coefficient (Wildman–Crippen LogP) is 1.40. The van der Waals surface area contributed by atoms with Crippen molar-refractivity contribution in [1.29, 1.82) is 0 Å². The summed E-state index contributed by atoms with van der Waals surface area (Å²) < 4.78 is 29.3. The third kappa shape index (κ3) is 2.98. The van der Waals surface area contributed by atoms with Crippen molar-refractivity contribution in [3.05, 3.63) is 0 Å². The van der Waals surface area contributed by atoms with Gasteiger partial charge in [-0.15, -0.1) is 0 Å². The molecule has 6 heteroatoms. The second-order valence-electron chi connectivity index (χ2n) is 6.49. The van der Waals surface area contributed by atoms with E-state index in [1.165, 1.54) is 0 Å². The number of fused-ring (bicyclic) bond motifs is 3. The first-order chi connectivity index (χ1) is 9.91. The summed E-state index contributed by atoms with van der Waals surface area (Å²) in [4.78, 5) is 0. The number of aliphatic hydroxyl groups is 1. The quantitative estimate of drug-likeness (QED) is 0.792. The molecule has 0 aromatic heterocycles. The molecule has 1 N–H and O–H groups in total. The van der Waals surface area contributed by atoms with Crippen LogP contribution in [0.15, 0.2) is 0 Å². The van der Waals surface area contributed by atoms with Gasteiger partial charge >= 0.3 is 0 Å². The largest absolute Gasteiger partial charge is 0.393 e.